The first kappa shape index (κ1) is 42.9. The molecule has 3 atom stereocenters. The summed E-state index contributed by atoms with van der Waals surface area (Å²) < 4.78 is 11.3. The number of likely N-dealkylation sites (N-methyl/N-ethyl adjacent to an activating group) is 1. The van der Waals surface area contributed by atoms with Crippen molar-refractivity contribution in [1.82, 2.24) is 40.5 Å². The number of anilines is 1. The van der Waals surface area contributed by atoms with Gasteiger partial charge in [-0.05, 0) is 78.6 Å². The number of hydrogen-bond donors (Lipinski definition) is 3. The number of carbonyl (C=O) groups excluding carboxylic acids is 2. The average molecular weight is 902 g/mol. The molecule has 330 valence electrons. The number of phenolic OH excluding ortho intramolecular Hbond substituents is 1. The Morgan fingerprint density at radius 2 is 1.80 bits per heavy atom. The van der Waals surface area contributed by atoms with E-state index in [1.807, 2.05) is 68.7 Å². The highest BCUT2D eigenvalue weighted by Gasteiger charge is 2.49. The number of carbonyl (C=O) groups is 2. The molecular weight excluding hydrogens is 853 g/mol. The molecule has 0 saturated carbocycles. The molecule has 16 nitrogen and oxygen atoms in total. The number of benzene rings is 2. The molecule has 2 aromatic carbocycles. The Balaban J connectivity index is 0.830. The van der Waals surface area contributed by atoms with Crippen molar-refractivity contribution in [2.45, 2.75) is 65.0 Å². The van der Waals surface area contributed by atoms with Crippen LogP contribution < -0.4 is 15.0 Å². The molecule has 7 aromatic rings. The largest absolute Gasteiger partial charge is 0.507 e. The van der Waals surface area contributed by atoms with Crippen LogP contribution in [0.1, 0.15) is 66.0 Å². The smallest absolute Gasteiger partial charge is 0.261 e. The van der Waals surface area contributed by atoms with Crippen LogP contribution in [0.2, 0.25) is 0 Å². The third-order valence-electron chi connectivity index (χ3n) is 12.1. The van der Waals surface area contributed by atoms with Crippen LogP contribution in [0.3, 0.4) is 0 Å². The Morgan fingerprint density at radius 1 is 1.02 bits per heavy atom. The van der Waals surface area contributed by atoms with Crippen LogP contribution in [0.25, 0.3) is 31.9 Å². The second kappa shape index (κ2) is 17.7. The van der Waals surface area contributed by atoms with Gasteiger partial charge in [0.05, 0.1) is 21.8 Å². The van der Waals surface area contributed by atoms with E-state index in [0.29, 0.717) is 23.1 Å². The summed E-state index contributed by atoms with van der Waals surface area (Å²) in [5, 5.41) is 38.6. The number of piperidine rings is 1. The van der Waals surface area contributed by atoms with Gasteiger partial charge in [0.2, 0.25) is 23.6 Å². The molecule has 64 heavy (non-hydrogen) atoms. The molecule has 0 bridgehead atoms. The zero-order valence-corrected chi connectivity index (χ0v) is 37.8. The maximum atomic E-state index is 14.3. The van der Waals surface area contributed by atoms with Crippen LogP contribution in [0.5, 0.6) is 17.5 Å². The average Bonchev–Trinajstić information content (AvgIpc) is 4.08. The molecule has 0 radical (unpaired) electrons. The molecule has 1 unspecified atom stereocenters. The van der Waals surface area contributed by atoms with E-state index < -0.39 is 16.6 Å². The number of nitrogens with one attached hydrogen (secondary N) is 1. The van der Waals surface area contributed by atoms with E-state index in [9.17, 15) is 19.9 Å². The molecule has 2 aliphatic rings. The van der Waals surface area contributed by atoms with Crippen molar-refractivity contribution in [2.24, 2.45) is 5.92 Å². The van der Waals surface area contributed by atoms with E-state index in [4.69, 9.17) is 14.2 Å². The van der Waals surface area contributed by atoms with Gasteiger partial charge in [-0.1, -0.05) is 50.2 Å². The first-order chi connectivity index (χ1) is 30.8. The third-order valence-corrected chi connectivity index (χ3v) is 14.4. The lowest BCUT2D eigenvalue weighted by atomic mass is 9.91. The van der Waals surface area contributed by atoms with Crippen LogP contribution in [-0.2, 0) is 16.1 Å². The molecule has 9 rings (SSSR count). The lowest BCUT2D eigenvalue weighted by Gasteiger charge is -2.31. The number of aromatic nitrogens is 6. The summed E-state index contributed by atoms with van der Waals surface area (Å²) in [5.41, 5.74) is 7.25. The number of hydroxylamine groups is 3. The number of amides is 2. The minimum Gasteiger partial charge on any atom is -0.507 e. The first-order valence-corrected chi connectivity index (χ1v) is 22.9. The Kier molecular flexibility index (Phi) is 11.9. The normalized spacial score (nSPS) is 18.5. The van der Waals surface area contributed by atoms with Crippen LogP contribution in [-0.4, -0.2) is 101 Å². The van der Waals surface area contributed by atoms with Crippen LogP contribution in [0.15, 0.2) is 83.0 Å². The van der Waals surface area contributed by atoms with E-state index in [1.165, 1.54) is 15.3 Å². The predicted octanol–water partition coefficient (Wildman–Crippen LogP) is 7.82. The lowest BCUT2D eigenvalue weighted by Crippen LogP contribution is -2.49. The number of ether oxygens (including phenoxy) is 1. The minimum absolute atomic E-state index is 0.0348. The topological polar surface area (TPSA) is 193 Å². The number of thiophene rings is 1. The number of phenols is 1. The summed E-state index contributed by atoms with van der Waals surface area (Å²) in [4.78, 5) is 48.5. The van der Waals surface area contributed by atoms with Gasteiger partial charge in [-0.25, -0.2) is 15.2 Å². The molecule has 2 fully saturated rings. The van der Waals surface area contributed by atoms with Crippen LogP contribution >= 0.6 is 22.7 Å². The molecule has 18 heteroatoms. The molecule has 5 aromatic heterocycles. The number of nitrogens with zero attached hydrogens (tertiary/aromatic N) is 9. The third kappa shape index (κ3) is 8.78. The van der Waals surface area contributed by atoms with Gasteiger partial charge in [0.1, 0.15) is 30.1 Å². The van der Waals surface area contributed by atoms with Gasteiger partial charge in [0.25, 0.3) is 5.88 Å². The molecule has 3 N–H and O–H groups in total. The van der Waals surface area contributed by atoms with E-state index in [2.05, 4.69) is 42.5 Å². The van der Waals surface area contributed by atoms with Crippen LogP contribution in [0.4, 0.5) is 5.95 Å². The number of aryl methyl sites for hydroxylation is 2. The molecule has 0 aliphatic carbocycles. The number of para-hydroxylation sites is 1. The number of thiazole rings is 1. The van der Waals surface area contributed by atoms with Crippen molar-refractivity contribution in [1.29, 1.82) is 0 Å². The number of quaternary nitrogens is 1. The predicted molar refractivity (Wildman–Crippen MR) is 242 cm³/mol. The Morgan fingerprint density at radius 3 is 2.53 bits per heavy atom. The van der Waals surface area contributed by atoms with Crippen molar-refractivity contribution < 1.29 is 33.8 Å². The Labute approximate surface area is 377 Å². The summed E-state index contributed by atoms with van der Waals surface area (Å²) in [5.74, 6) is -0.0378. The molecule has 2 amide bonds. The van der Waals surface area contributed by atoms with Crippen molar-refractivity contribution in [3.63, 3.8) is 0 Å². The summed E-state index contributed by atoms with van der Waals surface area (Å²) in [6, 6.07) is 19.4. The zero-order chi connectivity index (χ0) is 44.7. The van der Waals surface area contributed by atoms with E-state index in [1.54, 1.807) is 60.2 Å². The van der Waals surface area contributed by atoms with Gasteiger partial charge in [0.15, 0.2) is 18.5 Å². The maximum absolute atomic E-state index is 14.3. The standard InChI is InChI=1S/C46H48N10O6S2/c1-26(2)40(45(59)55-25-56(5,60)23-35(55)43(58)48-22-29-10-12-30(13-11-29)42-28(4)49-24-63-42)37-21-39(53-62-37)61-38-14-17-47-46(50-38)54-18-15-31(16-19-54)41-27(3)33-20-34(51-52-44(33)64-41)32-8-6-7-9-36(32)57/h6-14,17,20-21,24,26,31,35,40,60H,15-16,18-19,22-23,25H2,1-5H3,(H-,48,51,57,58)/p+1/t35-,40+,56?/m0/s1. The highest BCUT2D eigenvalue weighted by Crippen LogP contribution is 2.41. The highest BCUT2D eigenvalue weighted by molar-refractivity contribution is 7.19. The minimum atomic E-state index is -0.904. The summed E-state index contributed by atoms with van der Waals surface area (Å²) >= 11 is 3.26. The number of fused-ring (bicyclic) bond motifs is 1. The zero-order valence-electron chi connectivity index (χ0n) is 36.1. The van der Waals surface area contributed by atoms with Crippen molar-refractivity contribution in [2.75, 3.05) is 38.3 Å². The number of aromatic hydroxyl groups is 1. The van der Waals surface area contributed by atoms with Crippen molar-refractivity contribution in [3.8, 4) is 39.2 Å². The highest BCUT2D eigenvalue weighted by atomic mass is 32.1. The fourth-order valence-corrected chi connectivity index (χ4v) is 10.8. The monoisotopic (exact) mass is 901 g/mol. The number of hydrogen-bond acceptors (Lipinski definition) is 15. The van der Waals surface area contributed by atoms with E-state index in [-0.39, 0.29) is 60.8 Å². The Bertz CT molecular complexity index is 2810. The van der Waals surface area contributed by atoms with Gasteiger partial charge in [0, 0.05) is 53.8 Å². The molecule has 7 heterocycles. The van der Waals surface area contributed by atoms with Crippen LogP contribution in [0, 0.1) is 19.8 Å². The Hall–Kier alpha value is -6.34. The summed E-state index contributed by atoms with van der Waals surface area (Å²) in [6.07, 6.45) is 3.44. The van der Waals surface area contributed by atoms with Gasteiger partial charge in [-0.3, -0.25) is 14.5 Å². The second-order valence-electron chi connectivity index (χ2n) is 17.1. The molecule has 2 saturated heterocycles. The van der Waals surface area contributed by atoms with Gasteiger partial charge >= 0.3 is 0 Å². The van der Waals surface area contributed by atoms with E-state index >= 15 is 0 Å². The fourth-order valence-electron chi connectivity index (χ4n) is 8.68. The van der Waals surface area contributed by atoms with E-state index in [0.717, 1.165) is 57.8 Å². The van der Waals surface area contributed by atoms with Gasteiger partial charge in [-0.2, -0.15) is 9.63 Å². The van der Waals surface area contributed by atoms with Crippen molar-refractivity contribution >= 4 is 50.7 Å². The first-order valence-electron chi connectivity index (χ1n) is 21.2. The molecule has 2 aliphatic heterocycles. The SMILES string of the molecule is Cc1ncsc1-c1ccc(CNC(=O)[C@@H]2C[N+](C)(O)CN2C(=O)[C@@H](c2cc(Oc3ccnc(N4CCC(c5sc6nnc(-c7ccccc7O)cc6c5C)CC4)n3)no2)C(C)C)cc1. The summed E-state index contributed by atoms with van der Waals surface area (Å²) in [7, 11) is 1.58. The summed E-state index contributed by atoms with van der Waals surface area (Å²) in [6.45, 7) is 9.61. The lowest BCUT2D eigenvalue weighted by molar-refractivity contribution is -1.08. The molecule has 0 spiro atoms. The second-order valence-corrected chi connectivity index (χ2v) is 19.0. The number of rotatable bonds is 12. The fraction of sp³-hybridized carbons (Fsp3) is 0.348. The maximum Gasteiger partial charge on any atom is 0.261 e. The van der Waals surface area contributed by atoms with Gasteiger partial charge in [-0.15, -0.1) is 32.9 Å². The van der Waals surface area contributed by atoms with Crippen molar-refractivity contribution in [3.05, 3.63) is 106 Å². The van der Waals surface area contributed by atoms with Gasteiger partial charge < -0.3 is 24.6 Å². The quantitative estimate of drug-likeness (QED) is 0.101. The molecular formula is C46H49N10O6S2+.